The molecular formula is C56H43NO. The summed E-state index contributed by atoms with van der Waals surface area (Å²) in [5, 5.41) is 2.50. The number of fused-ring (bicyclic) bond motifs is 12. The number of para-hydroxylation sites is 2. The number of hydrogen-bond acceptors (Lipinski definition) is 2. The van der Waals surface area contributed by atoms with E-state index in [1.54, 1.807) is 0 Å². The zero-order valence-corrected chi connectivity index (χ0v) is 32.8. The van der Waals surface area contributed by atoms with Gasteiger partial charge in [-0.3, -0.25) is 0 Å². The molecule has 1 heterocycles. The Bertz CT molecular complexity index is 2910. The summed E-state index contributed by atoms with van der Waals surface area (Å²) >= 11 is 0. The van der Waals surface area contributed by atoms with E-state index in [0.29, 0.717) is 0 Å². The molecule has 2 nitrogen and oxygen atoms in total. The second-order valence-electron chi connectivity index (χ2n) is 17.1. The van der Waals surface area contributed by atoms with Crippen molar-refractivity contribution in [1.29, 1.82) is 0 Å². The Kier molecular flexibility index (Phi) is 7.18. The lowest BCUT2D eigenvalue weighted by atomic mass is 9.60. The summed E-state index contributed by atoms with van der Waals surface area (Å²) in [4.78, 5) is 2.67. The SMILES string of the molecule is CC1(C)c2ccccc2-c2ccc(N(c3ccc4ccccc4c3-c3ccccc3)C3C=CC4=C(C3)C3(c5ccccc5Oc5ccccc53)C3C=CC=CC43)cc21. The van der Waals surface area contributed by atoms with Crippen LogP contribution in [-0.4, -0.2) is 6.04 Å². The first-order chi connectivity index (χ1) is 28.5. The van der Waals surface area contributed by atoms with Crippen LogP contribution in [0.2, 0.25) is 0 Å². The van der Waals surface area contributed by atoms with Crippen molar-refractivity contribution in [2.75, 3.05) is 4.90 Å². The van der Waals surface area contributed by atoms with Gasteiger partial charge in [-0.25, -0.2) is 0 Å². The van der Waals surface area contributed by atoms with Crippen LogP contribution in [0.25, 0.3) is 33.0 Å². The lowest BCUT2D eigenvalue weighted by Crippen LogP contribution is -2.41. The van der Waals surface area contributed by atoms with Crippen LogP contribution in [0.3, 0.4) is 0 Å². The molecule has 12 rings (SSSR count). The van der Waals surface area contributed by atoms with Crippen molar-refractivity contribution in [2.24, 2.45) is 11.8 Å². The Morgan fingerprint density at radius 2 is 1.26 bits per heavy atom. The average Bonchev–Trinajstić information content (AvgIpc) is 3.69. The lowest BCUT2D eigenvalue weighted by molar-refractivity contribution is 0.353. The molecule has 7 aromatic rings. The number of nitrogens with zero attached hydrogens (tertiary/aromatic N) is 1. The summed E-state index contributed by atoms with van der Waals surface area (Å²) in [6, 6.07) is 58.4. The van der Waals surface area contributed by atoms with Gasteiger partial charge < -0.3 is 9.64 Å². The third-order valence-electron chi connectivity index (χ3n) is 14.0. The number of rotatable bonds is 4. The van der Waals surface area contributed by atoms with Crippen molar-refractivity contribution in [3.05, 3.63) is 228 Å². The minimum atomic E-state index is -0.380. The molecule has 0 fully saturated rings. The molecule has 0 saturated carbocycles. The molecular weight excluding hydrogens is 703 g/mol. The summed E-state index contributed by atoms with van der Waals surface area (Å²) in [6.07, 6.45) is 15.3. The van der Waals surface area contributed by atoms with Crippen LogP contribution >= 0.6 is 0 Å². The number of anilines is 2. The highest BCUT2D eigenvalue weighted by Gasteiger charge is 2.58. The van der Waals surface area contributed by atoms with Gasteiger partial charge in [-0.2, -0.15) is 0 Å². The van der Waals surface area contributed by atoms with Gasteiger partial charge in [0.1, 0.15) is 11.5 Å². The maximum atomic E-state index is 6.74. The quantitative estimate of drug-likeness (QED) is 0.178. The van der Waals surface area contributed by atoms with Gasteiger partial charge in [0.05, 0.1) is 17.1 Å². The second-order valence-corrected chi connectivity index (χ2v) is 17.1. The smallest absolute Gasteiger partial charge is 0.131 e. The van der Waals surface area contributed by atoms with E-state index >= 15 is 0 Å². The Hall–Kier alpha value is -6.64. The fourth-order valence-corrected chi connectivity index (χ4v) is 11.5. The van der Waals surface area contributed by atoms with Gasteiger partial charge in [0.2, 0.25) is 0 Å². The Morgan fingerprint density at radius 3 is 2.07 bits per heavy atom. The minimum absolute atomic E-state index is 0.0273. The predicted molar refractivity (Wildman–Crippen MR) is 239 cm³/mol. The molecule has 3 unspecified atom stereocenters. The molecule has 1 aliphatic heterocycles. The van der Waals surface area contributed by atoms with Gasteiger partial charge in [-0.05, 0) is 86.5 Å². The monoisotopic (exact) mass is 745 g/mol. The zero-order chi connectivity index (χ0) is 38.6. The predicted octanol–water partition coefficient (Wildman–Crippen LogP) is 14.0. The second kappa shape index (κ2) is 12.4. The Labute approximate surface area is 340 Å². The summed E-state index contributed by atoms with van der Waals surface area (Å²) in [5.41, 5.74) is 15.3. The summed E-state index contributed by atoms with van der Waals surface area (Å²) in [5.74, 6) is 2.41. The Morgan fingerprint density at radius 1 is 0.586 bits per heavy atom. The van der Waals surface area contributed by atoms with E-state index in [4.69, 9.17) is 4.74 Å². The number of allylic oxidation sites excluding steroid dienone is 6. The van der Waals surface area contributed by atoms with Crippen LogP contribution in [-0.2, 0) is 10.8 Å². The normalized spacial score (nSPS) is 20.8. The van der Waals surface area contributed by atoms with E-state index in [1.165, 1.54) is 77.8 Å². The summed E-state index contributed by atoms with van der Waals surface area (Å²) in [6.45, 7) is 4.78. The highest BCUT2D eigenvalue weighted by molar-refractivity contribution is 6.04. The van der Waals surface area contributed by atoms with Crippen molar-refractivity contribution in [1.82, 2.24) is 0 Å². The van der Waals surface area contributed by atoms with Gasteiger partial charge in [0.15, 0.2) is 0 Å². The minimum Gasteiger partial charge on any atom is -0.457 e. The first-order valence-corrected chi connectivity index (χ1v) is 20.8. The molecule has 5 aliphatic rings. The number of ether oxygens (including phenoxy) is 1. The molecule has 7 aromatic carbocycles. The van der Waals surface area contributed by atoms with Gasteiger partial charge in [-0.1, -0.05) is 178 Å². The van der Waals surface area contributed by atoms with E-state index in [0.717, 1.165) is 17.9 Å². The third-order valence-corrected chi connectivity index (χ3v) is 14.0. The first kappa shape index (κ1) is 33.5. The largest absolute Gasteiger partial charge is 0.457 e. The molecule has 0 N–H and O–H groups in total. The number of benzene rings is 7. The van der Waals surface area contributed by atoms with Gasteiger partial charge >= 0.3 is 0 Å². The maximum absolute atomic E-state index is 6.74. The third kappa shape index (κ3) is 4.55. The molecule has 3 atom stereocenters. The molecule has 0 radical (unpaired) electrons. The fourth-order valence-electron chi connectivity index (χ4n) is 11.5. The van der Waals surface area contributed by atoms with Crippen molar-refractivity contribution >= 4 is 22.1 Å². The summed E-state index contributed by atoms with van der Waals surface area (Å²) in [7, 11) is 0. The van der Waals surface area contributed by atoms with Crippen molar-refractivity contribution in [2.45, 2.75) is 37.1 Å². The molecule has 1 spiro atoms. The van der Waals surface area contributed by atoms with Crippen molar-refractivity contribution in [3.63, 3.8) is 0 Å². The van der Waals surface area contributed by atoms with Gasteiger partial charge in [0.25, 0.3) is 0 Å². The molecule has 58 heavy (non-hydrogen) atoms. The van der Waals surface area contributed by atoms with Crippen LogP contribution in [0.4, 0.5) is 11.4 Å². The highest BCUT2D eigenvalue weighted by Crippen LogP contribution is 2.65. The lowest BCUT2D eigenvalue weighted by Gasteiger charge is -2.46. The molecule has 0 bridgehead atoms. The van der Waals surface area contributed by atoms with Gasteiger partial charge in [-0.15, -0.1) is 0 Å². The molecule has 4 aliphatic carbocycles. The fraction of sp³-hybridized carbons (Fsp3) is 0.143. The van der Waals surface area contributed by atoms with Crippen LogP contribution in [0.15, 0.2) is 205 Å². The van der Waals surface area contributed by atoms with Crippen molar-refractivity contribution in [3.8, 4) is 33.8 Å². The Balaban J connectivity index is 1.10. The first-order valence-electron chi connectivity index (χ1n) is 20.8. The van der Waals surface area contributed by atoms with Crippen LogP contribution in [0.1, 0.15) is 42.5 Å². The van der Waals surface area contributed by atoms with E-state index in [9.17, 15) is 0 Å². The molecule has 278 valence electrons. The summed E-state index contributed by atoms with van der Waals surface area (Å²) < 4.78 is 6.74. The van der Waals surface area contributed by atoms with E-state index in [1.807, 2.05) is 0 Å². The van der Waals surface area contributed by atoms with E-state index in [2.05, 4.69) is 213 Å². The van der Waals surface area contributed by atoms with E-state index < -0.39 is 0 Å². The zero-order valence-electron chi connectivity index (χ0n) is 32.8. The highest BCUT2D eigenvalue weighted by atomic mass is 16.5. The van der Waals surface area contributed by atoms with Gasteiger partial charge in [0, 0.05) is 39.6 Å². The van der Waals surface area contributed by atoms with Crippen molar-refractivity contribution < 1.29 is 4.74 Å². The molecule has 0 amide bonds. The molecule has 0 saturated heterocycles. The maximum Gasteiger partial charge on any atom is 0.131 e. The molecule has 2 heteroatoms. The standard InChI is InChI=1S/C56H43NO/c1-55(2)45-22-10-8-20-41(45)43-31-29-38(34-49(43)55)57(51-33-28-36-16-6-7-19-40(36)54(51)37-17-4-3-5-18-37)39-30-32-44-42-21-9-11-23-46(42)56(50(44)35-39)47-24-12-14-26-52(47)58-53-27-15-13-25-48(53)56/h3-34,39,42,46H,35H2,1-2H3. The van der Waals surface area contributed by atoms with Crippen LogP contribution in [0.5, 0.6) is 11.5 Å². The average molecular weight is 746 g/mol. The molecule has 0 aromatic heterocycles. The topological polar surface area (TPSA) is 12.5 Å². The van der Waals surface area contributed by atoms with Crippen LogP contribution in [0, 0.1) is 11.8 Å². The van der Waals surface area contributed by atoms with Crippen LogP contribution < -0.4 is 9.64 Å². The van der Waals surface area contributed by atoms with E-state index in [-0.39, 0.29) is 28.7 Å². The number of hydrogen-bond donors (Lipinski definition) is 0.